The maximum absolute atomic E-state index is 16.8. The number of esters is 2. The Morgan fingerprint density at radius 1 is 0.685 bits per heavy atom. The second-order valence-corrected chi connectivity index (χ2v) is 24.1. The molecule has 476 valence electrons. The Kier molecular flexibility index (Phi) is 22.1. The van der Waals surface area contributed by atoms with E-state index in [9.17, 15) is 9.59 Å². The van der Waals surface area contributed by atoms with E-state index in [1.807, 2.05) is 214 Å². The molecule has 17 nitrogen and oxygen atoms in total. The molecule has 19 heteroatoms. The fourth-order valence-corrected chi connectivity index (χ4v) is 13.0. The third kappa shape index (κ3) is 15.0. The van der Waals surface area contributed by atoms with Gasteiger partial charge in [-0.3, -0.25) is 18.4 Å². The van der Waals surface area contributed by atoms with Crippen molar-refractivity contribution in [2.24, 2.45) is 0 Å². The summed E-state index contributed by atoms with van der Waals surface area (Å²) >= 11 is 0. The van der Waals surface area contributed by atoms with Crippen molar-refractivity contribution in [1.29, 1.82) is 0 Å². The van der Waals surface area contributed by atoms with Crippen LogP contribution in [0.4, 0.5) is 10.2 Å². The second-order valence-electron chi connectivity index (χ2n) is 22.3. The molecule has 1 aliphatic rings. The van der Waals surface area contributed by atoms with Gasteiger partial charge in [0, 0.05) is 6.42 Å². The number of hydrogen-bond acceptors (Lipinski definition) is 15. The van der Waals surface area contributed by atoms with Gasteiger partial charge in [-0.1, -0.05) is 221 Å². The van der Waals surface area contributed by atoms with E-state index >= 15 is 8.96 Å². The highest BCUT2D eigenvalue weighted by Crippen LogP contribution is 2.52. The molecule has 0 spiro atoms. The quantitative estimate of drug-likeness (QED) is 0.0101. The average molecular weight is 1260 g/mol. The molecule has 1 unspecified atom stereocenters. The maximum Gasteiger partial charge on any atom is 0.406 e. The number of unbranched alkanes of at least 4 members (excludes halogenated alkanes) is 4. The molecule has 0 saturated carbocycles. The van der Waals surface area contributed by atoms with Gasteiger partial charge in [-0.2, -0.15) is 14.4 Å². The van der Waals surface area contributed by atoms with Crippen molar-refractivity contribution in [3.8, 4) is 23.8 Å². The van der Waals surface area contributed by atoms with Crippen molar-refractivity contribution >= 4 is 36.7 Å². The lowest BCUT2D eigenvalue weighted by Gasteiger charge is -2.41. The van der Waals surface area contributed by atoms with E-state index in [4.69, 9.17) is 48.9 Å². The molecule has 92 heavy (non-hydrogen) atoms. The smallest absolute Gasteiger partial charge is 0.406 e. The van der Waals surface area contributed by atoms with Crippen LogP contribution in [0.5, 0.6) is 11.5 Å². The Hall–Kier alpha value is -9.05. The topological polar surface area (TPSA) is 193 Å². The summed E-state index contributed by atoms with van der Waals surface area (Å²) in [5.41, 5.74) is 0.527. The van der Waals surface area contributed by atoms with E-state index in [0.717, 1.165) is 42.4 Å². The second kappa shape index (κ2) is 30.8. The van der Waals surface area contributed by atoms with Crippen LogP contribution in [-0.2, 0) is 59.7 Å². The molecular formula is C73H76FN6O11P. The highest BCUT2D eigenvalue weighted by Gasteiger charge is 2.56. The molecule has 9 aromatic rings. The molecular weight excluding hydrogens is 1190 g/mol. The number of imidazole rings is 1. The molecule has 2 aromatic heterocycles. The van der Waals surface area contributed by atoms with Crippen LogP contribution in [-0.4, -0.2) is 89.9 Å². The summed E-state index contributed by atoms with van der Waals surface area (Å²) in [4.78, 5) is 41.5. The molecule has 1 saturated heterocycles. The van der Waals surface area contributed by atoms with Crippen LogP contribution in [0.25, 0.3) is 11.2 Å². The number of aromatic nitrogens is 4. The number of hydrogen-bond donors (Lipinski definition) is 2. The van der Waals surface area contributed by atoms with Crippen LogP contribution in [0, 0.1) is 18.4 Å². The van der Waals surface area contributed by atoms with Crippen LogP contribution in [0.2, 0.25) is 0 Å². The van der Waals surface area contributed by atoms with Gasteiger partial charge in [-0.25, -0.2) is 19.4 Å². The monoisotopic (exact) mass is 1260 g/mol. The van der Waals surface area contributed by atoms with Gasteiger partial charge in [0.1, 0.15) is 47.6 Å². The third-order valence-electron chi connectivity index (χ3n) is 16.3. The zero-order valence-electron chi connectivity index (χ0n) is 52.0. The van der Waals surface area contributed by atoms with Gasteiger partial charge in [0.05, 0.1) is 33.8 Å². The Morgan fingerprint density at radius 2 is 1.18 bits per heavy atom. The Balaban J connectivity index is 1.11. The summed E-state index contributed by atoms with van der Waals surface area (Å²) in [7, 11) is -1.74. The molecule has 1 aliphatic heterocycles. The summed E-state index contributed by atoms with van der Waals surface area (Å²) < 4.78 is 84.4. The number of nitrogens with zero attached hydrogens (tertiary/aromatic N) is 4. The highest BCUT2D eigenvalue weighted by molar-refractivity contribution is 7.51. The number of rotatable bonds is 32. The first-order valence-electron chi connectivity index (χ1n) is 31.0. The van der Waals surface area contributed by atoms with Crippen LogP contribution >= 0.6 is 7.75 Å². The molecule has 1 fully saturated rings. The number of nitrogens with one attached hydrogen (secondary N) is 2. The average Bonchev–Trinajstić information content (AvgIpc) is 1.20. The lowest BCUT2D eigenvalue weighted by atomic mass is 9.77. The molecule has 5 atom stereocenters. The number of benzene rings is 7. The van der Waals surface area contributed by atoms with Crippen LogP contribution in [0.1, 0.15) is 104 Å². The third-order valence-corrected chi connectivity index (χ3v) is 17.9. The Bertz CT molecular complexity index is 3840. The maximum atomic E-state index is 16.8. The standard InChI is InChI=1S/C73H76FN6O11P/c1-6-9-26-46-86-65(81)50-88-92(83,79-62(48-53-28-16-11-17-29-53)69(82)87-47-27-10-7-2)89-51-71(8-3)63(90-73(57-34-22-14-23-35-57,58-36-24-15-25-37-58)59-40-44-61(85-5)45-41-59)49-64(91-71)80-52-75-66-67(76-70(74)77-68(66)80)78-72(54-30-18-12-19-31-54,55-32-20-13-21-33-55)56-38-42-60(84-4)43-39-56/h3,11-25,28-45,52,62-64H,6-7,9-10,26-27,46-51H2,1-2,4-5H3,(H,79,83)(H,76,77,78)/t62-,63-,64+,71+,92?/m0/s1. The van der Waals surface area contributed by atoms with E-state index in [2.05, 4.69) is 26.3 Å². The van der Waals surface area contributed by atoms with Crippen molar-refractivity contribution in [3.63, 3.8) is 0 Å². The van der Waals surface area contributed by atoms with Gasteiger partial charge in [0.15, 0.2) is 29.2 Å². The zero-order chi connectivity index (χ0) is 64.4. The molecule has 3 heterocycles. The SMILES string of the molecule is C#C[C@]1(COP(=O)(N[C@@H](Cc2ccccc2)C(=O)OCCCCC)OCC(=O)OCCCCC)O[C@@H](n2cnc3c(NC(c4ccccc4)(c4ccccc4)c4ccc(OC)cc4)nc(F)nc32)C[C@@H]1OC(c1ccccc1)(c1ccccc1)c1ccc(OC)cc1. The Morgan fingerprint density at radius 3 is 1.72 bits per heavy atom. The predicted octanol–water partition coefficient (Wildman–Crippen LogP) is 13.9. The van der Waals surface area contributed by atoms with Crippen molar-refractivity contribution < 1.29 is 56.0 Å². The van der Waals surface area contributed by atoms with Gasteiger partial charge < -0.3 is 33.7 Å². The number of methoxy groups -OCH3 is 2. The van der Waals surface area contributed by atoms with Crippen molar-refractivity contribution in [2.45, 2.75) is 100 Å². The minimum Gasteiger partial charge on any atom is -0.497 e. The molecule has 0 bridgehead atoms. The first-order chi connectivity index (χ1) is 44.9. The van der Waals surface area contributed by atoms with Crippen molar-refractivity contribution in [2.75, 3.05) is 46.0 Å². The van der Waals surface area contributed by atoms with Crippen LogP contribution in [0.15, 0.2) is 207 Å². The molecule has 7 aromatic carbocycles. The van der Waals surface area contributed by atoms with E-state index in [1.165, 1.54) is 6.33 Å². The van der Waals surface area contributed by atoms with Gasteiger partial charge in [0.2, 0.25) is 0 Å². The minimum atomic E-state index is -4.91. The molecule has 0 amide bonds. The van der Waals surface area contributed by atoms with Gasteiger partial charge in [-0.05, 0) is 82.5 Å². The number of terminal acetylenes is 1. The number of halogens is 1. The summed E-state index contributed by atoms with van der Waals surface area (Å²) in [6, 6.07) is 61.4. The summed E-state index contributed by atoms with van der Waals surface area (Å²) in [6.07, 6.45) is 9.26. The van der Waals surface area contributed by atoms with E-state index < -0.39 is 74.1 Å². The fourth-order valence-electron chi connectivity index (χ4n) is 11.6. The predicted molar refractivity (Wildman–Crippen MR) is 349 cm³/mol. The van der Waals surface area contributed by atoms with E-state index in [-0.39, 0.29) is 43.0 Å². The number of ether oxygens (including phenoxy) is 6. The lowest BCUT2D eigenvalue weighted by Crippen LogP contribution is -2.49. The van der Waals surface area contributed by atoms with Crippen molar-refractivity contribution in [1.82, 2.24) is 24.6 Å². The van der Waals surface area contributed by atoms with E-state index in [0.29, 0.717) is 46.6 Å². The van der Waals surface area contributed by atoms with E-state index in [1.54, 1.807) is 18.8 Å². The number of fused-ring (bicyclic) bond motifs is 1. The van der Waals surface area contributed by atoms with Gasteiger partial charge in [-0.15, -0.1) is 6.42 Å². The molecule has 10 rings (SSSR count). The highest BCUT2D eigenvalue weighted by atomic mass is 31.2. The first kappa shape index (κ1) is 65.9. The summed E-state index contributed by atoms with van der Waals surface area (Å²) in [6.45, 7) is 2.66. The Labute approximate surface area is 536 Å². The van der Waals surface area contributed by atoms with Gasteiger partial charge in [0.25, 0.3) is 0 Å². The fraction of sp³-hybridized carbons (Fsp3) is 0.301. The summed E-state index contributed by atoms with van der Waals surface area (Å²) in [5, 5.41) is 6.54. The van der Waals surface area contributed by atoms with Crippen LogP contribution in [0.3, 0.4) is 0 Å². The first-order valence-corrected chi connectivity index (χ1v) is 32.5. The molecule has 0 aliphatic carbocycles. The molecule has 2 N–H and O–H groups in total. The normalized spacial score (nSPS) is 16.7. The number of carbonyl (C=O) groups is 2. The zero-order valence-corrected chi connectivity index (χ0v) is 52.9. The largest absolute Gasteiger partial charge is 0.497 e. The van der Waals surface area contributed by atoms with Crippen molar-refractivity contribution in [3.05, 3.63) is 252 Å². The van der Waals surface area contributed by atoms with Crippen LogP contribution < -0.4 is 19.9 Å². The lowest BCUT2D eigenvalue weighted by molar-refractivity contribution is -0.147. The van der Waals surface area contributed by atoms with Gasteiger partial charge >= 0.3 is 25.8 Å². The number of carbonyl (C=O) groups excluding carboxylic acids is 2. The molecule has 0 radical (unpaired) electrons. The minimum absolute atomic E-state index is 0.0177. The number of anilines is 1. The summed E-state index contributed by atoms with van der Waals surface area (Å²) in [5.74, 6) is 2.58.